The number of nitro groups is 1. The van der Waals surface area contributed by atoms with Crippen LogP contribution in [0.3, 0.4) is 0 Å². The maximum atomic E-state index is 10.8. The summed E-state index contributed by atoms with van der Waals surface area (Å²) >= 11 is 0. The molecule has 1 aromatic carbocycles. The van der Waals surface area contributed by atoms with Crippen molar-refractivity contribution in [2.45, 2.75) is 20.4 Å². The molecule has 0 amide bonds. The number of halogens is 1. The van der Waals surface area contributed by atoms with Crippen molar-refractivity contribution in [3.63, 3.8) is 0 Å². The van der Waals surface area contributed by atoms with E-state index in [1.807, 2.05) is 7.05 Å². The Morgan fingerprint density at radius 2 is 2.05 bits per heavy atom. The van der Waals surface area contributed by atoms with Crippen LogP contribution in [0.4, 0.5) is 5.69 Å². The lowest BCUT2D eigenvalue weighted by molar-refractivity contribution is -0.384. The average molecular weight is 318 g/mol. The van der Waals surface area contributed by atoms with Gasteiger partial charge in [-0.15, -0.1) is 12.4 Å². The van der Waals surface area contributed by atoms with Crippen molar-refractivity contribution in [3.8, 4) is 5.75 Å². The van der Waals surface area contributed by atoms with Gasteiger partial charge in [0, 0.05) is 30.8 Å². The van der Waals surface area contributed by atoms with E-state index in [1.54, 1.807) is 19.2 Å². The molecule has 7 heteroatoms. The Bertz CT molecular complexity index is 481. The van der Waals surface area contributed by atoms with Crippen LogP contribution in [0, 0.1) is 15.5 Å². The number of hydrogen-bond donors (Lipinski definition) is 1. The number of nitrogens with zero attached hydrogens (tertiary/aromatic N) is 2. The van der Waals surface area contributed by atoms with E-state index in [-0.39, 0.29) is 23.5 Å². The molecule has 0 bridgehead atoms. The second kappa shape index (κ2) is 8.17. The molecule has 0 atom stereocenters. The number of nitro benzene ring substituents is 1. The third kappa shape index (κ3) is 5.87. The van der Waals surface area contributed by atoms with Crippen LogP contribution in [0.2, 0.25) is 0 Å². The van der Waals surface area contributed by atoms with Gasteiger partial charge in [-0.1, -0.05) is 13.8 Å². The monoisotopic (exact) mass is 317 g/mol. The first-order valence-corrected chi connectivity index (χ1v) is 6.49. The highest BCUT2D eigenvalue weighted by molar-refractivity contribution is 5.85. The van der Waals surface area contributed by atoms with Gasteiger partial charge in [0.2, 0.25) is 0 Å². The SMILES string of the molecule is COc1ccc([N+](=O)[O-])cc1CN(C)CC(C)(C)CN.Cl. The van der Waals surface area contributed by atoms with Crippen LogP contribution in [0.25, 0.3) is 0 Å². The minimum Gasteiger partial charge on any atom is -0.496 e. The minimum atomic E-state index is -0.396. The van der Waals surface area contributed by atoms with Crippen molar-refractivity contribution >= 4 is 18.1 Å². The summed E-state index contributed by atoms with van der Waals surface area (Å²) < 4.78 is 5.26. The fraction of sp³-hybridized carbons (Fsp3) is 0.571. The quantitative estimate of drug-likeness (QED) is 0.617. The summed E-state index contributed by atoms with van der Waals surface area (Å²) in [6.07, 6.45) is 0. The van der Waals surface area contributed by atoms with E-state index in [0.717, 1.165) is 12.1 Å². The van der Waals surface area contributed by atoms with Gasteiger partial charge >= 0.3 is 0 Å². The number of hydrogen-bond acceptors (Lipinski definition) is 5. The lowest BCUT2D eigenvalue weighted by atomic mass is 9.93. The average Bonchev–Trinajstić information content (AvgIpc) is 2.37. The van der Waals surface area contributed by atoms with Gasteiger partial charge in [0.1, 0.15) is 5.75 Å². The van der Waals surface area contributed by atoms with E-state index in [0.29, 0.717) is 18.8 Å². The highest BCUT2D eigenvalue weighted by Gasteiger charge is 2.19. The predicted octanol–water partition coefficient (Wildman–Crippen LogP) is 2.44. The van der Waals surface area contributed by atoms with Gasteiger partial charge in [-0.2, -0.15) is 0 Å². The van der Waals surface area contributed by atoms with Crippen LogP contribution in [-0.2, 0) is 6.54 Å². The second-order valence-corrected chi connectivity index (χ2v) is 5.79. The molecule has 0 spiro atoms. The molecule has 0 saturated heterocycles. The van der Waals surface area contributed by atoms with Crippen LogP contribution in [0.5, 0.6) is 5.75 Å². The molecule has 1 rings (SSSR count). The zero-order chi connectivity index (χ0) is 15.3. The first-order valence-electron chi connectivity index (χ1n) is 6.49. The topological polar surface area (TPSA) is 81.6 Å². The number of ether oxygens (including phenoxy) is 1. The summed E-state index contributed by atoms with van der Waals surface area (Å²) in [6, 6.07) is 4.65. The number of non-ortho nitro benzene ring substituents is 1. The summed E-state index contributed by atoms with van der Waals surface area (Å²) in [5, 5.41) is 10.8. The van der Waals surface area contributed by atoms with Gasteiger partial charge in [-0.05, 0) is 25.1 Å². The summed E-state index contributed by atoms with van der Waals surface area (Å²) in [7, 11) is 3.53. The summed E-state index contributed by atoms with van der Waals surface area (Å²) in [4.78, 5) is 12.5. The first kappa shape index (κ1) is 19.6. The Labute approximate surface area is 131 Å². The Balaban J connectivity index is 0.00000400. The maximum Gasteiger partial charge on any atom is 0.270 e. The van der Waals surface area contributed by atoms with Crippen LogP contribution in [0.1, 0.15) is 19.4 Å². The molecule has 0 fully saturated rings. The van der Waals surface area contributed by atoms with E-state index in [2.05, 4.69) is 18.7 Å². The molecule has 0 aliphatic rings. The fourth-order valence-electron chi connectivity index (χ4n) is 2.14. The largest absolute Gasteiger partial charge is 0.496 e. The van der Waals surface area contributed by atoms with Crippen molar-refractivity contribution in [2.75, 3.05) is 27.2 Å². The Morgan fingerprint density at radius 3 is 2.52 bits per heavy atom. The first-order chi connectivity index (χ1) is 9.29. The molecular weight excluding hydrogens is 294 g/mol. The van der Waals surface area contributed by atoms with Gasteiger partial charge < -0.3 is 15.4 Å². The van der Waals surface area contributed by atoms with Crippen molar-refractivity contribution in [1.29, 1.82) is 0 Å². The van der Waals surface area contributed by atoms with Crippen LogP contribution >= 0.6 is 12.4 Å². The molecule has 0 radical (unpaired) electrons. The zero-order valence-corrected chi connectivity index (χ0v) is 13.8. The fourth-order valence-corrected chi connectivity index (χ4v) is 2.14. The number of rotatable bonds is 7. The number of methoxy groups -OCH3 is 1. The van der Waals surface area contributed by atoms with E-state index < -0.39 is 4.92 Å². The van der Waals surface area contributed by atoms with Gasteiger partial charge in [0.05, 0.1) is 12.0 Å². The van der Waals surface area contributed by atoms with Crippen LogP contribution < -0.4 is 10.5 Å². The van der Waals surface area contributed by atoms with E-state index >= 15 is 0 Å². The van der Waals surface area contributed by atoms with Gasteiger partial charge in [0.25, 0.3) is 5.69 Å². The molecule has 2 N–H and O–H groups in total. The molecule has 1 aromatic rings. The van der Waals surface area contributed by atoms with Crippen molar-refractivity contribution in [3.05, 3.63) is 33.9 Å². The van der Waals surface area contributed by atoms with Gasteiger partial charge in [0.15, 0.2) is 0 Å². The van der Waals surface area contributed by atoms with E-state index in [9.17, 15) is 10.1 Å². The third-order valence-electron chi connectivity index (χ3n) is 3.17. The number of nitrogens with two attached hydrogens (primary N) is 1. The standard InChI is InChI=1S/C14H23N3O3.ClH/c1-14(2,9-15)10-16(3)8-11-7-12(17(18)19)5-6-13(11)20-4;/h5-7H,8-10,15H2,1-4H3;1H. The Hall–Kier alpha value is -1.37. The lowest BCUT2D eigenvalue weighted by Gasteiger charge is -2.29. The lowest BCUT2D eigenvalue weighted by Crippen LogP contribution is -2.36. The highest BCUT2D eigenvalue weighted by atomic mass is 35.5. The molecule has 0 aliphatic carbocycles. The molecule has 0 heterocycles. The smallest absolute Gasteiger partial charge is 0.270 e. The normalized spacial score (nSPS) is 11.1. The van der Waals surface area contributed by atoms with Crippen molar-refractivity contribution in [2.24, 2.45) is 11.1 Å². The van der Waals surface area contributed by atoms with Crippen molar-refractivity contribution < 1.29 is 9.66 Å². The highest BCUT2D eigenvalue weighted by Crippen LogP contribution is 2.26. The van der Waals surface area contributed by atoms with Gasteiger partial charge in [-0.3, -0.25) is 10.1 Å². The van der Waals surface area contributed by atoms with Crippen LogP contribution in [-0.4, -0.2) is 37.1 Å². The molecule has 0 unspecified atom stereocenters. The molecule has 0 aliphatic heterocycles. The predicted molar refractivity (Wildman–Crippen MR) is 86.1 cm³/mol. The maximum absolute atomic E-state index is 10.8. The summed E-state index contributed by atoms with van der Waals surface area (Å²) in [5.41, 5.74) is 6.61. The van der Waals surface area contributed by atoms with Gasteiger partial charge in [-0.25, -0.2) is 0 Å². The molecule has 21 heavy (non-hydrogen) atoms. The third-order valence-corrected chi connectivity index (χ3v) is 3.17. The summed E-state index contributed by atoms with van der Waals surface area (Å²) in [5.74, 6) is 0.660. The second-order valence-electron chi connectivity index (χ2n) is 5.79. The van der Waals surface area contributed by atoms with E-state index in [4.69, 9.17) is 10.5 Å². The molecule has 120 valence electrons. The molecule has 6 nitrogen and oxygen atoms in total. The number of benzene rings is 1. The van der Waals surface area contributed by atoms with E-state index in [1.165, 1.54) is 6.07 Å². The Morgan fingerprint density at radius 1 is 1.43 bits per heavy atom. The molecular formula is C14H24ClN3O3. The molecule has 0 saturated carbocycles. The van der Waals surface area contributed by atoms with Crippen LogP contribution in [0.15, 0.2) is 18.2 Å². The minimum absolute atomic E-state index is 0. The molecule has 0 aromatic heterocycles. The van der Waals surface area contributed by atoms with Crippen molar-refractivity contribution in [1.82, 2.24) is 4.90 Å². The Kier molecular flexibility index (Phi) is 7.63. The summed E-state index contributed by atoms with van der Waals surface area (Å²) in [6.45, 7) is 6.15. The zero-order valence-electron chi connectivity index (χ0n) is 13.0.